The molecule has 3 aliphatic rings. The van der Waals surface area contributed by atoms with Crippen molar-refractivity contribution in [3.05, 3.63) is 24.3 Å². The second-order valence-electron chi connectivity index (χ2n) is 10.8. The van der Waals surface area contributed by atoms with Crippen LogP contribution in [0.2, 0.25) is 0 Å². The van der Waals surface area contributed by atoms with Crippen molar-refractivity contribution in [2.24, 2.45) is 28.1 Å². The van der Waals surface area contributed by atoms with Crippen LogP contribution in [0.3, 0.4) is 0 Å². The molecule has 1 N–H and O–H groups in total. The summed E-state index contributed by atoms with van der Waals surface area (Å²) < 4.78 is 0. The van der Waals surface area contributed by atoms with Crippen LogP contribution in [0.4, 0.5) is 0 Å². The van der Waals surface area contributed by atoms with Gasteiger partial charge in [0.1, 0.15) is 5.78 Å². The lowest BCUT2D eigenvalue weighted by Crippen LogP contribution is -2.51. The summed E-state index contributed by atoms with van der Waals surface area (Å²) in [5, 5.41) is 8.79. The van der Waals surface area contributed by atoms with Gasteiger partial charge < -0.3 is 5.11 Å². The van der Waals surface area contributed by atoms with Crippen molar-refractivity contribution in [2.45, 2.75) is 97.8 Å². The van der Waals surface area contributed by atoms with E-state index in [2.05, 4.69) is 39.5 Å². The van der Waals surface area contributed by atoms with Gasteiger partial charge in [-0.3, -0.25) is 9.59 Å². The van der Waals surface area contributed by atoms with E-state index in [1.165, 1.54) is 38.5 Å². The fourth-order valence-corrected chi connectivity index (χ4v) is 7.18. The number of ketones is 1. The topological polar surface area (TPSA) is 54.4 Å². The number of carboxylic acids is 1. The zero-order valence-corrected chi connectivity index (χ0v) is 18.8. The number of aliphatic carboxylic acids is 1. The Morgan fingerprint density at radius 2 is 1.90 bits per heavy atom. The van der Waals surface area contributed by atoms with Gasteiger partial charge in [-0.25, -0.2) is 0 Å². The summed E-state index contributed by atoms with van der Waals surface area (Å²) in [7, 11) is 0. The van der Waals surface area contributed by atoms with Crippen LogP contribution >= 0.6 is 0 Å². The van der Waals surface area contributed by atoms with E-state index in [1.54, 1.807) is 5.57 Å². The first kappa shape index (κ1) is 22.3. The van der Waals surface area contributed by atoms with Crippen LogP contribution < -0.4 is 0 Å². The summed E-state index contributed by atoms with van der Waals surface area (Å²) in [5.74, 6) is 0.710. The number of hydrogen-bond donors (Lipinski definition) is 1. The van der Waals surface area contributed by atoms with Crippen molar-refractivity contribution in [3.63, 3.8) is 0 Å². The maximum atomic E-state index is 12.4. The minimum absolute atomic E-state index is 0.0985. The lowest BCUT2D eigenvalue weighted by atomic mass is 9.44. The first-order valence-corrected chi connectivity index (χ1v) is 11.7. The van der Waals surface area contributed by atoms with Crippen LogP contribution in [-0.2, 0) is 9.59 Å². The second kappa shape index (κ2) is 8.40. The SMILES string of the molecule is C=C[C@@]1(C)CCC=C2C1CCC1[C@](C)(CCC(=O)CCCC(=O)O)CCC[C@@]21C. The molecule has 0 aromatic heterocycles. The molecule has 5 atom stereocenters. The van der Waals surface area contributed by atoms with Crippen LogP contribution in [0.15, 0.2) is 24.3 Å². The third-order valence-electron chi connectivity index (χ3n) is 8.96. The molecule has 3 aliphatic carbocycles. The highest BCUT2D eigenvalue weighted by atomic mass is 16.4. The van der Waals surface area contributed by atoms with Crippen LogP contribution in [-0.4, -0.2) is 16.9 Å². The molecule has 2 unspecified atom stereocenters. The zero-order valence-electron chi connectivity index (χ0n) is 18.8. The average molecular weight is 401 g/mol. The molecule has 3 nitrogen and oxygen atoms in total. The number of allylic oxidation sites excluding steroid dienone is 3. The minimum Gasteiger partial charge on any atom is -0.481 e. The van der Waals surface area contributed by atoms with Crippen molar-refractivity contribution in [1.29, 1.82) is 0 Å². The second-order valence-corrected chi connectivity index (χ2v) is 10.8. The normalized spacial score (nSPS) is 39.1. The lowest BCUT2D eigenvalue weighted by molar-refractivity contribution is -0.137. The summed E-state index contributed by atoms with van der Waals surface area (Å²) in [6.07, 6.45) is 15.9. The van der Waals surface area contributed by atoms with Gasteiger partial charge >= 0.3 is 5.97 Å². The molecule has 3 heteroatoms. The van der Waals surface area contributed by atoms with Gasteiger partial charge in [-0.05, 0) is 79.4 Å². The first-order chi connectivity index (χ1) is 13.6. The molecule has 29 heavy (non-hydrogen) atoms. The fourth-order valence-electron chi connectivity index (χ4n) is 7.18. The molecule has 162 valence electrons. The Morgan fingerprint density at radius 3 is 2.59 bits per heavy atom. The van der Waals surface area contributed by atoms with Gasteiger partial charge in [0.05, 0.1) is 0 Å². The molecular formula is C26H40O3. The van der Waals surface area contributed by atoms with Crippen molar-refractivity contribution < 1.29 is 14.7 Å². The van der Waals surface area contributed by atoms with Crippen molar-refractivity contribution >= 4 is 11.8 Å². The summed E-state index contributed by atoms with van der Waals surface area (Å²) in [5.41, 5.74) is 2.39. The predicted octanol–water partition coefficient (Wildman–Crippen LogP) is 6.73. The van der Waals surface area contributed by atoms with Gasteiger partial charge in [0.2, 0.25) is 0 Å². The third-order valence-corrected chi connectivity index (χ3v) is 8.96. The number of hydrogen-bond acceptors (Lipinski definition) is 2. The number of Topliss-reactive ketones (excluding diaryl/α,β-unsaturated/α-hetero) is 1. The number of rotatable bonds is 8. The molecule has 0 aliphatic heterocycles. The molecule has 0 aromatic carbocycles. The molecular weight excluding hydrogens is 360 g/mol. The molecule has 0 aromatic rings. The van der Waals surface area contributed by atoms with E-state index in [-0.39, 0.29) is 28.4 Å². The van der Waals surface area contributed by atoms with Gasteiger partial charge in [-0.2, -0.15) is 0 Å². The van der Waals surface area contributed by atoms with E-state index < -0.39 is 5.97 Å². The van der Waals surface area contributed by atoms with Crippen LogP contribution in [0, 0.1) is 28.1 Å². The molecule has 0 spiro atoms. The lowest BCUT2D eigenvalue weighted by Gasteiger charge is -2.61. The highest BCUT2D eigenvalue weighted by Gasteiger charge is 2.56. The number of carbonyl (C=O) groups is 2. The van der Waals surface area contributed by atoms with Crippen LogP contribution in [0.1, 0.15) is 97.8 Å². The van der Waals surface area contributed by atoms with Crippen molar-refractivity contribution in [1.82, 2.24) is 0 Å². The number of carboxylic acid groups (broad SMARTS) is 1. The van der Waals surface area contributed by atoms with Gasteiger partial charge in [0.15, 0.2) is 0 Å². The van der Waals surface area contributed by atoms with Crippen LogP contribution in [0.5, 0.6) is 0 Å². The van der Waals surface area contributed by atoms with E-state index in [0.717, 1.165) is 12.8 Å². The Kier molecular flexibility index (Phi) is 6.46. The molecule has 0 heterocycles. The summed E-state index contributed by atoms with van der Waals surface area (Å²) in [6.45, 7) is 11.5. The van der Waals surface area contributed by atoms with Crippen molar-refractivity contribution in [3.8, 4) is 0 Å². The maximum absolute atomic E-state index is 12.4. The summed E-state index contributed by atoms with van der Waals surface area (Å²) >= 11 is 0. The van der Waals surface area contributed by atoms with Gasteiger partial charge in [-0.1, -0.05) is 44.9 Å². The van der Waals surface area contributed by atoms with E-state index >= 15 is 0 Å². The molecule has 0 bridgehead atoms. The average Bonchev–Trinajstić information content (AvgIpc) is 2.67. The molecule has 0 radical (unpaired) electrons. The van der Waals surface area contributed by atoms with Gasteiger partial charge in [0, 0.05) is 19.3 Å². The first-order valence-electron chi connectivity index (χ1n) is 11.7. The molecule has 0 amide bonds. The summed E-state index contributed by atoms with van der Waals surface area (Å²) in [4.78, 5) is 23.1. The van der Waals surface area contributed by atoms with E-state index in [4.69, 9.17) is 5.11 Å². The smallest absolute Gasteiger partial charge is 0.303 e. The molecule has 2 fully saturated rings. The van der Waals surface area contributed by atoms with E-state index in [0.29, 0.717) is 31.1 Å². The Hall–Kier alpha value is -1.38. The Labute approximate surface area is 177 Å². The van der Waals surface area contributed by atoms with E-state index in [9.17, 15) is 9.59 Å². The Bertz CT molecular complexity index is 692. The number of fused-ring (bicyclic) bond motifs is 3. The molecule has 0 saturated heterocycles. The van der Waals surface area contributed by atoms with Gasteiger partial charge in [-0.15, -0.1) is 6.58 Å². The monoisotopic (exact) mass is 400 g/mol. The maximum Gasteiger partial charge on any atom is 0.303 e. The fraction of sp³-hybridized carbons (Fsp3) is 0.769. The zero-order chi connectivity index (χ0) is 21.3. The molecule has 2 saturated carbocycles. The van der Waals surface area contributed by atoms with Crippen molar-refractivity contribution in [2.75, 3.05) is 0 Å². The quantitative estimate of drug-likeness (QED) is 0.460. The highest BCUT2D eigenvalue weighted by molar-refractivity contribution is 5.79. The Balaban J connectivity index is 1.72. The number of carbonyl (C=O) groups excluding carboxylic acids is 1. The third kappa shape index (κ3) is 4.25. The Morgan fingerprint density at radius 1 is 1.14 bits per heavy atom. The largest absolute Gasteiger partial charge is 0.481 e. The van der Waals surface area contributed by atoms with Crippen LogP contribution in [0.25, 0.3) is 0 Å². The summed E-state index contributed by atoms with van der Waals surface area (Å²) in [6, 6.07) is 0. The van der Waals surface area contributed by atoms with E-state index in [1.807, 2.05) is 0 Å². The highest BCUT2D eigenvalue weighted by Crippen LogP contribution is 2.65. The standard InChI is InChI=1S/C26H40O3/c1-5-24(2)15-7-10-21-20(24)12-13-22-25(3,16-8-17-26(21,22)4)18-14-19(27)9-6-11-23(28)29/h5,10,20,22H,1,6-9,11-18H2,2-4H3,(H,28,29)/t20?,22?,24-,25-,26-/m0/s1. The molecule has 3 rings (SSSR count). The van der Waals surface area contributed by atoms with Gasteiger partial charge in [0.25, 0.3) is 0 Å². The predicted molar refractivity (Wildman–Crippen MR) is 118 cm³/mol. The minimum atomic E-state index is -0.808.